The van der Waals surface area contributed by atoms with Crippen LogP contribution in [0, 0.1) is 12.8 Å². The molecule has 1 aromatic heterocycles. The van der Waals surface area contributed by atoms with E-state index in [2.05, 4.69) is 0 Å². The van der Waals surface area contributed by atoms with Crippen molar-refractivity contribution in [1.82, 2.24) is 4.90 Å². The Hall–Kier alpha value is -1.86. The van der Waals surface area contributed by atoms with Crippen molar-refractivity contribution in [3.05, 3.63) is 57.3 Å². The first-order valence-corrected chi connectivity index (χ1v) is 9.32. The van der Waals surface area contributed by atoms with Crippen LogP contribution in [0.4, 0.5) is 13.2 Å². The Morgan fingerprint density at radius 2 is 2.12 bits per heavy atom. The molecular formula is C19H20F3NO2S. The number of likely N-dealkylation sites (tertiary alicyclic amines) is 1. The molecule has 2 aromatic rings. The average Bonchev–Trinajstić information content (AvgIpc) is 3.01. The van der Waals surface area contributed by atoms with Crippen LogP contribution in [0.3, 0.4) is 0 Å². The van der Waals surface area contributed by atoms with Crippen molar-refractivity contribution in [2.75, 3.05) is 13.1 Å². The highest BCUT2D eigenvalue weighted by Gasteiger charge is 2.34. The molecule has 1 N–H and O–H groups in total. The zero-order valence-corrected chi connectivity index (χ0v) is 15.1. The van der Waals surface area contributed by atoms with Crippen LogP contribution in [0.15, 0.2) is 35.7 Å². The van der Waals surface area contributed by atoms with Gasteiger partial charge in [0.1, 0.15) is 0 Å². The Bertz CT molecular complexity index is 787. The molecule has 0 aliphatic carbocycles. The maximum Gasteiger partial charge on any atom is 0.416 e. The summed E-state index contributed by atoms with van der Waals surface area (Å²) in [6.07, 6.45) is -3.08. The van der Waals surface area contributed by atoms with E-state index in [4.69, 9.17) is 0 Å². The molecule has 3 nitrogen and oxygen atoms in total. The standard InChI is InChI=1S/C19H20F3NO2S/c1-12-8-16(26-11-12)17(23-7-3-5-14(10-23)18(24)25)13-4-2-6-15(9-13)19(20,21)22/h2,4,6,8-9,11,14,17H,3,5,7,10H2,1H3,(H,24,25). The lowest BCUT2D eigenvalue weighted by molar-refractivity contribution is -0.143. The molecular weight excluding hydrogens is 363 g/mol. The van der Waals surface area contributed by atoms with Gasteiger partial charge in [-0.1, -0.05) is 12.1 Å². The highest BCUT2D eigenvalue weighted by atomic mass is 32.1. The number of hydrogen-bond donors (Lipinski definition) is 1. The molecule has 1 saturated heterocycles. The molecule has 7 heteroatoms. The van der Waals surface area contributed by atoms with Crippen molar-refractivity contribution >= 4 is 17.3 Å². The number of hydrogen-bond acceptors (Lipinski definition) is 3. The third kappa shape index (κ3) is 4.10. The van der Waals surface area contributed by atoms with Gasteiger partial charge in [0.15, 0.2) is 0 Å². The van der Waals surface area contributed by atoms with Crippen molar-refractivity contribution in [2.45, 2.75) is 32.0 Å². The van der Waals surface area contributed by atoms with Gasteiger partial charge < -0.3 is 5.11 Å². The summed E-state index contributed by atoms with van der Waals surface area (Å²) in [6, 6.07) is 6.97. The molecule has 0 bridgehead atoms. The molecule has 0 spiro atoms. The number of carboxylic acid groups (broad SMARTS) is 1. The third-order valence-electron chi connectivity index (χ3n) is 4.72. The molecule has 2 unspecified atom stereocenters. The molecule has 2 heterocycles. The number of nitrogens with zero attached hydrogens (tertiary/aromatic N) is 1. The van der Waals surface area contributed by atoms with Gasteiger partial charge in [0.05, 0.1) is 17.5 Å². The van der Waals surface area contributed by atoms with Gasteiger partial charge in [-0.2, -0.15) is 13.2 Å². The van der Waals surface area contributed by atoms with Crippen LogP contribution in [0.5, 0.6) is 0 Å². The Balaban J connectivity index is 2.01. The number of carbonyl (C=O) groups is 1. The second-order valence-electron chi connectivity index (χ2n) is 6.72. The number of aryl methyl sites for hydroxylation is 1. The summed E-state index contributed by atoms with van der Waals surface area (Å²) < 4.78 is 39.5. The molecule has 140 valence electrons. The fourth-order valence-electron chi connectivity index (χ4n) is 3.48. The van der Waals surface area contributed by atoms with Crippen molar-refractivity contribution in [3.8, 4) is 0 Å². The van der Waals surface area contributed by atoms with Crippen LogP contribution in [0.25, 0.3) is 0 Å². The molecule has 1 fully saturated rings. The first-order valence-electron chi connectivity index (χ1n) is 8.45. The Morgan fingerprint density at radius 3 is 2.73 bits per heavy atom. The third-order valence-corrected chi connectivity index (χ3v) is 5.82. The largest absolute Gasteiger partial charge is 0.481 e. The summed E-state index contributed by atoms with van der Waals surface area (Å²) in [4.78, 5) is 14.4. The zero-order chi connectivity index (χ0) is 18.9. The summed E-state index contributed by atoms with van der Waals surface area (Å²) in [6.45, 7) is 2.95. The summed E-state index contributed by atoms with van der Waals surface area (Å²) in [5, 5.41) is 11.3. The van der Waals surface area contributed by atoms with Crippen molar-refractivity contribution in [1.29, 1.82) is 0 Å². The van der Waals surface area contributed by atoms with Crippen molar-refractivity contribution in [2.24, 2.45) is 5.92 Å². The number of halogens is 3. The SMILES string of the molecule is Cc1csc(C(c2cccc(C(F)(F)F)c2)N2CCCC(C(=O)O)C2)c1. The predicted molar refractivity (Wildman–Crippen MR) is 94.3 cm³/mol. The van der Waals surface area contributed by atoms with Crippen molar-refractivity contribution in [3.63, 3.8) is 0 Å². The van der Waals surface area contributed by atoms with Gasteiger partial charge in [-0.25, -0.2) is 0 Å². The molecule has 1 aromatic carbocycles. The molecule has 1 aliphatic heterocycles. The Morgan fingerprint density at radius 1 is 1.35 bits per heavy atom. The fourth-order valence-corrected chi connectivity index (χ4v) is 4.54. The van der Waals surface area contributed by atoms with E-state index >= 15 is 0 Å². The van der Waals surface area contributed by atoms with Crippen molar-refractivity contribution < 1.29 is 23.1 Å². The van der Waals surface area contributed by atoms with Crippen LogP contribution in [0.1, 0.15) is 40.5 Å². The van der Waals surface area contributed by atoms with Gasteiger partial charge >= 0.3 is 12.1 Å². The van der Waals surface area contributed by atoms with Gasteiger partial charge in [-0.3, -0.25) is 9.69 Å². The molecule has 3 rings (SSSR count). The molecule has 0 amide bonds. The summed E-state index contributed by atoms with van der Waals surface area (Å²) >= 11 is 1.50. The van der Waals surface area contributed by atoms with E-state index in [0.29, 0.717) is 25.1 Å². The zero-order valence-electron chi connectivity index (χ0n) is 14.3. The Kier molecular flexibility index (Phi) is 5.39. The van der Waals surface area contributed by atoms with Crippen LogP contribution in [-0.2, 0) is 11.0 Å². The van der Waals surface area contributed by atoms with E-state index in [-0.39, 0.29) is 6.04 Å². The molecule has 2 atom stereocenters. The first kappa shape index (κ1) is 18.9. The normalized spacial score (nSPS) is 20.1. The van der Waals surface area contributed by atoms with E-state index in [0.717, 1.165) is 22.9 Å². The van der Waals surface area contributed by atoms with Gasteiger partial charge in [-0.15, -0.1) is 11.3 Å². The molecule has 1 aliphatic rings. The van der Waals surface area contributed by atoms with E-state index in [1.54, 1.807) is 6.07 Å². The molecule has 26 heavy (non-hydrogen) atoms. The monoisotopic (exact) mass is 383 g/mol. The number of rotatable bonds is 4. The smallest absolute Gasteiger partial charge is 0.416 e. The second kappa shape index (κ2) is 7.40. The molecule has 0 saturated carbocycles. The highest BCUT2D eigenvalue weighted by molar-refractivity contribution is 7.10. The Labute approximate surface area is 154 Å². The number of carboxylic acids is 1. The lowest BCUT2D eigenvalue weighted by atomic mass is 9.93. The van der Waals surface area contributed by atoms with Gasteiger partial charge in [0.25, 0.3) is 0 Å². The van der Waals surface area contributed by atoms with Crippen LogP contribution in [-0.4, -0.2) is 29.1 Å². The van der Waals surface area contributed by atoms with E-state index in [1.807, 2.05) is 23.3 Å². The quantitative estimate of drug-likeness (QED) is 0.811. The van der Waals surface area contributed by atoms with E-state index < -0.39 is 23.6 Å². The van der Waals surface area contributed by atoms with Gasteiger partial charge in [0, 0.05) is 11.4 Å². The minimum atomic E-state index is -4.41. The van der Waals surface area contributed by atoms with Crippen LogP contribution < -0.4 is 0 Å². The molecule has 0 radical (unpaired) electrons. The number of aliphatic carboxylic acids is 1. The minimum Gasteiger partial charge on any atom is -0.481 e. The summed E-state index contributed by atoms with van der Waals surface area (Å²) in [7, 11) is 0. The highest BCUT2D eigenvalue weighted by Crippen LogP contribution is 2.38. The number of benzene rings is 1. The maximum atomic E-state index is 13.2. The predicted octanol–water partition coefficient (Wildman–Crippen LogP) is 4.96. The number of piperidine rings is 1. The van der Waals surface area contributed by atoms with Crippen LogP contribution in [0.2, 0.25) is 0 Å². The average molecular weight is 383 g/mol. The van der Waals surface area contributed by atoms with Crippen LogP contribution >= 0.6 is 11.3 Å². The first-order chi connectivity index (χ1) is 12.3. The van der Waals surface area contributed by atoms with Gasteiger partial charge in [0.2, 0.25) is 0 Å². The number of thiophene rings is 1. The minimum absolute atomic E-state index is 0.340. The lowest BCUT2D eigenvalue weighted by Gasteiger charge is -2.37. The van der Waals surface area contributed by atoms with E-state index in [9.17, 15) is 23.1 Å². The summed E-state index contributed by atoms with van der Waals surface area (Å²) in [5.41, 5.74) is 0.918. The lowest BCUT2D eigenvalue weighted by Crippen LogP contribution is -2.41. The van der Waals surface area contributed by atoms with E-state index in [1.165, 1.54) is 23.5 Å². The fraction of sp³-hybridized carbons (Fsp3) is 0.421. The second-order valence-corrected chi connectivity index (χ2v) is 7.67. The topological polar surface area (TPSA) is 40.5 Å². The summed E-state index contributed by atoms with van der Waals surface area (Å²) in [5.74, 6) is -1.34. The number of alkyl halides is 3. The maximum absolute atomic E-state index is 13.2. The van der Waals surface area contributed by atoms with Gasteiger partial charge in [-0.05, 0) is 61.0 Å².